The molecule has 2 heteroatoms. The van der Waals surface area contributed by atoms with Crippen LogP contribution in [0.1, 0.15) is 49.9 Å². The van der Waals surface area contributed by atoms with Crippen LogP contribution in [-0.4, -0.2) is 9.55 Å². The minimum atomic E-state index is -0.132. The van der Waals surface area contributed by atoms with Crippen molar-refractivity contribution in [3.05, 3.63) is 204 Å². The van der Waals surface area contributed by atoms with Gasteiger partial charge in [0.15, 0.2) is 0 Å². The number of imidazole rings is 1. The lowest BCUT2D eigenvalue weighted by Crippen LogP contribution is -2.15. The molecule has 1 heterocycles. The molecule has 0 aliphatic heterocycles. The van der Waals surface area contributed by atoms with Crippen molar-refractivity contribution in [2.45, 2.75) is 38.5 Å². The smallest absolute Gasteiger partial charge is 0.145 e. The van der Waals surface area contributed by atoms with E-state index in [-0.39, 0.29) is 10.8 Å². The topological polar surface area (TPSA) is 17.8 Å². The predicted octanol–water partition coefficient (Wildman–Crippen LogP) is 14.9. The number of hydrogen-bond donors (Lipinski definition) is 0. The van der Waals surface area contributed by atoms with Crippen LogP contribution < -0.4 is 0 Å². The Morgan fingerprint density at radius 1 is 0.373 bits per heavy atom. The third-order valence-corrected chi connectivity index (χ3v) is 13.6. The number of benzene rings is 9. The fourth-order valence-electron chi connectivity index (χ4n) is 10.7. The summed E-state index contributed by atoms with van der Waals surface area (Å²) >= 11 is 0. The van der Waals surface area contributed by atoms with Crippen molar-refractivity contribution in [2.24, 2.45) is 0 Å². The number of hydrogen-bond acceptors (Lipinski definition) is 1. The van der Waals surface area contributed by atoms with Crippen molar-refractivity contribution >= 4 is 32.6 Å². The van der Waals surface area contributed by atoms with E-state index in [1.54, 1.807) is 0 Å². The fraction of sp³-hybridized carbons (Fsp3) is 0.105. The van der Waals surface area contributed by atoms with Crippen LogP contribution in [0, 0.1) is 0 Å². The van der Waals surface area contributed by atoms with Gasteiger partial charge in [0.1, 0.15) is 5.82 Å². The zero-order valence-corrected chi connectivity index (χ0v) is 33.7. The molecule has 10 aromatic rings. The number of nitrogens with zero attached hydrogens (tertiary/aromatic N) is 2. The molecule has 0 radical (unpaired) electrons. The molecular formula is C57H42N2. The molecule has 0 saturated carbocycles. The lowest BCUT2D eigenvalue weighted by atomic mass is 9.78. The molecule has 280 valence electrons. The summed E-state index contributed by atoms with van der Waals surface area (Å²) in [6.07, 6.45) is 0. The number of fused-ring (bicyclic) bond motifs is 9. The first-order valence-corrected chi connectivity index (χ1v) is 20.8. The Hall–Kier alpha value is -7.03. The van der Waals surface area contributed by atoms with Crippen LogP contribution in [0.4, 0.5) is 0 Å². The SMILES string of the molecule is CC1(C)c2ccccc2-c2ccc(-c3c4ccccc4c(-c4ccc(-c5nc6ccccc6n5-c5ccccc5)cc4)c4cc5c(cc34)-c3ccccc3C5(C)C)cc21. The van der Waals surface area contributed by atoms with Crippen LogP contribution in [0.2, 0.25) is 0 Å². The van der Waals surface area contributed by atoms with Crippen LogP contribution in [0.5, 0.6) is 0 Å². The summed E-state index contributed by atoms with van der Waals surface area (Å²) in [6.45, 7) is 9.54. The standard InChI is InChI=1S/C57H42N2/c1-56(2)47-22-12-10-18-39(47)41-31-30-37(32-49(41)56)54-43-21-9-8-20-42(43)53(46-34-50-44(33-45(46)54)40-19-11-13-23-48(40)57(50,3)4)35-26-28-36(29-27-35)55-58-51-24-14-15-25-52(51)59(55)38-16-6-5-7-17-38/h5-34H,1-4H3. The fourth-order valence-corrected chi connectivity index (χ4v) is 10.7. The van der Waals surface area contributed by atoms with Crippen molar-refractivity contribution in [1.82, 2.24) is 9.55 Å². The van der Waals surface area contributed by atoms with Crippen LogP contribution >= 0.6 is 0 Å². The number of para-hydroxylation sites is 3. The van der Waals surface area contributed by atoms with Gasteiger partial charge in [-0.25, -0.2) is 4.98 Å². The van der Waals surface area contributed by atoms with Gasteiger partial charge >= 0.3 is 0 Å². The average molecular weight is 755 g/mol. The molecule has 0 unspecified atom stereocenters. The second kappa shape index (κ2) is 12.2. The van der Waals surface area contributed by atoms with Gasteiger partial charge in [-0.2, -0.15) is 0 Å². The lowest BCUT2D eigenvalue weighted by Gasteiger charge is -2.25. The van der Waals surface area contributed by atoms with Gasteiger partial charge in [0.25, 0.3) is 0 Å². The number of aromatic nitrogens is 2. The van der Waals surface area contributed by atoms with Crippen molar-refractivity contribution in [3.8, 4) is 61.6 Å². The van der Waals surface area contributed by atoms with Crippen molar-refractivity contribution in [3.63, 3.8) is 0 Å². The second-order valence-electron chi connectivity index (χ2n) is 17.5. The predicted molar refractivity (Wildman–Crippen MR) is 248 cm³/mol. The van der Waals surface area contributed by atoms with Gasteiger partial charge < -0.3 is 0 Å². The minimum absolute atomic E-state index is 0.0967. The molecule has 2 aliphatic rings. The van der Waals surface area contributed by atoms with Gasteiger partial charge in [-0.3, -0.25) is 4.57 Å². The third-order valence-electron chi connectivity index (χ3n) is 13.6. The summed E-state index contributed by atoms with van der Waals surface area (Å²) in [6, 6.07) is 67.5. The van der Waals surface area contributed by atoms with Crippen LogP contribution in [0.3, 0.4) is 0 Å². The summed E-state index contributed by atoms with van der Waals surface area (Å²) in [7, 11) is 0. The maximum Gasteiger partial charge on any atom is 0.145 e. The van der Waals surface area contributed by atoms with E-state index < -0.39 is 0 Å². The Bertz CT molecular complexity index is 3360. The molecule has 9 aromatic carbocycles. The molecule has 2 aliphatic carbocycles. The largest absolute Gasteiger partial charge is 0.292 e. The van der Waals surface area contributed by atoms with Gasteiger partial charge in [0.2, 0.25) is 0 Å². The Balaban J connectivity index is 1.12. The van der Waals surface area contributed by atoms with Crippen molar-refractivity contribution in [2.75, 3.05) is 0 Å². The van der Waals surface area contributed by atoms with Gasteiger partial charge in [-0.05, 0) is 131 Å². The van der Waals surface area contributed by atoms with Crippen molar-refractivity contribution < 1.29 is 0 Å². The Morgan fingerprint density at radius 3 is 1.59 bits per heavy atom. The summed E-state index contributed by atoms with van der Waals surface area (Å²) in [5, 5.41) is 5.10. The van der Waals surface area contributed by atoms with E-state index in [1.165, 1.54) is 88.3 Å². The first kappa shape index (κ1) is 34.0. The van der Waals surface area contributed by atoms with Crippen LogP contribution in [0.25, 0.3) is 94.2 Å². The van der Waals surface area contributed by atoms with Gasteiger partial charge in [0, 0.05) is 22.1 Å². The maximum absolute atomic E-state index is 5.19. The highest BCUT2D eigenvalue weighted by Gasteiger charge is 2.38. The summed E-state index contributed by atoms with van der Waals surface area (Å²) in [5.74, 6) is 0.938. The first-order valence-electron chi connectivity index (χ1n) is 20.8. The van der Waals surface area contributed by atoms with E-state index in [2.05, 4.69) is 214 Å². The molecule has 0 N–H and O–H groups in total. The first-order chi connectivity index (χ1) is 28.8. The zero-order valence-electron chi connectivity index (χ0n) is 33.7. The Kier molecular flexibility index (Phi) is 7.06. The normalized spacial score (nSPS) is 14.4. The minimum Gasteiger partial charge on any atom is -0.292 e. The summed E-state index contributed by atoms with van der Waals surface area (Å²) in [4.78, 5) is 5.19. The molecule has 0 bridgehead atoms. The van der Waals surface area contributed by atoms with Gasteiger partial charge in [-0.1, -0.05) is 167 Å². The molecule has 0 atom stereocenters. The molecular weight excluding hydrogens is 713 g/mol. The maximum atomic E-state index is 5.19. The molecule has 0 spiro atoms. The molecule has 0 amide bonds. The molecule has 1 aromatic heterocycles. The Labute approximate surface area is 345 Å². The highest BCUT2D eigenvalue weighted by molar-refractivity contribution is 6.22. The lowest BCUT2D eigenvalue weighted by molar-refractivity contribution is 0.660. The summed E-state index contributed by atoms with van der Waals surface area (Å²) in [5.41, 5.74) is 20.0. The average Bonchev–Trinajstić information content (AvgIpc) is 3.85. The van der Waals surface area contributed by atoms with E-state index in [9.17, 15) is 0 Å². The van der Waals surface area contributed by atoms with E-state index in [4.69, 9.17) is 4.98 Å². The van der Waals surface area contributed by atoms with Crippen LogP contribution in [0.15, 0.2) is 182 Å². The van der Waals surface area contributed by atoms with Crippen LogP contribution in [-0.2, 0) is 10.8 Å². The monoisotopic (exact) mass is 754 g/mol. The highest BCUT2D eigenvalue weighted by Crippen LogP contribution is 2.55. The molecule has 0 saturated heterocycles. The van der Waals surface area contributed by atoms with E-state index >= 15 is 0 Å². The highest BCUT2D eigenvalue weighted by atomic mass is 15.1. The van der Waals surface area contributed by atoms with Gasteiger partial charge in [0.05, 0.1) is 11.0 Å². The third kappa shape index (κ3) is 4.78. The number of rotatable bonds is 4. The van der Waals surface area contributed by atoms with E-state index in [0.717, 1.165) is 28.1 Å². The zero-order chi connectivity index (χ0) is 39.6. The molecule has 2 nitrogen and oxygen atoms in total. The Morgan fingerprint density at radius 2 is 0.881 bits per heavy atom. The van der Waals surface area contributed by atoms with E-state index in [1.807, 2.05) is 0 Å². The van der Waals surface area contributed by atoms with Crippen molar-refractivity contribution in [1.29, 1.82) is 0 Å². The summed E-state index contributed by atoms with van der Waals surface area (Å²) < 4.78 is 2.28. The quantitative estimate of drug-likeness (QED) is 0.164. The molecule has 12 rings (SSSR count). The molecule has 0 fully saturated rings. The second-order valence-corrected chi connectivity index (χ2v) is 17.5. The van der Waals surface area contributed by atoms with Gasteiger partial charge in [-0.15, -0.1) is 0 Å². The van der Waals surface area contributed by atoms with E-state index in [0.29, 0.717) is 0 Å². The molecule has 59 heavy (non-hydrogen) atoms.